The molecule has 4 rings (SSSR count). The largest absolute Gasteiger partial charge is 0.334 e. The van der Waals surface area contributed by atoms with Crippen molar-refractivity contribution in [2.24, 2.45) is 0 Å². The van der Waals surface area contributed by atoms with Gasteiger partial charge in [-0.1, -0.05) is 18.2 Å². The highest BCUT2D eigenvalue weighted by Gasteiger charge is 2.31. The number of piperidine rings is 1. The van der Waals surface area contributed by atoms with Crippen molar-refractivity contribution in [1.82, 2.24) is 20.1 Å². The summed E-state index contributed by atoms with van der Waals surface area (Å²) in [4.78, 5) is 19.0. The third-order valence-electron chi connectivity index (χ3n) is 5.04. The molecule has 2 aromatic heterocycles. The molecule has 0 aliphatic carbocycles. The first-order valence-electron chi connectivity index (χ1n) is 9.20. The summed E-state index contributed by atoms with van der Waals surface area (Å²) in [6.07, 6.45) is 8.36. The second kappa shape index (κ2) is 7.70. The van der Waals surface area contributed by atoms with Gasteiger partial charge in [-0.25, -0.2) is 4.39 Å². The number of benzene rings is 1. The number of hydrogen-bond acceptors (Lipinski definition) is 3. The Morgan fingerprint density at radius 3 is 2.96 bits per heavy atom. The van der Waals surface area contributed by atoms with Crippen LogP contribution in [-0.4, -0.2) is 32.5 Å². The van der Waals surface area contributed by atoms with Crippen molar-refractivity contribution in [3.8, 4) is 11.1 Å². The van der Waals surface area contributed by atoms with E-state index in [1.807, 2.05) is 23.1 Å². The molecule has 0 saturated carbocycles. The summed E-state index contributed by atoms with van der Waals surface area (Å²) in [7, 11) is 0. The number of likely N-dealkylation sites (tertiary alicyclic amines) is 1. The number of halogens is 1. The molecule has 27 heavy (non-hydrogen) atoms. The molecule has 6 heteroatoms. The Morgan fingerprint density at radius 1 is 1.22 bits per heavy atom. The molecule has 1 atom stereocenters. The number of amides is 1. The monoisotopic (exact) mass is 364 g/mol. The van der Waals surface area contributed by atoms with E-state index in [9.17, 15) is 9.18 Å². The highest BCUT2D eigenvalue weighted by Crippen LogP contribution is 2.36. The summed E-state index contributed by atoms with van der Waals surface area (Å²) < 4.78 is 13.7. The molecule has 5 nitrogen and oxygen atoms in total. The molecule has 1 aliphatic rings. The van der Waals surface area contributed by atoms with Gasteiger partial charge < -0.3 is 4.90 Å². The maximum atomic E-state index is 13.7. The SMILES string of the molecule is O=C(Cc1cccnc1)N1CCCC[C@H]1c1[nH]ncc1-c1cccc(F)c1. The van der Waals surface area contributed by atoms with E-state index >= 15 is 0 Å². The second-order valence-electron chi connectivity index (χ2n) is 6.84. The average Bonchev–Trinajstić information content (AvgIpc) is 3.18. The molecular formula is C21H21FN4O. The molecule has 0 bridgehead atoms. The van der Waals surface area contributed by atoms with Crippen LogP contribution in [-0.2, 0) is 11.2 Å². The lowest BCUT2D eigenvalue weighted by molar-refractivity contribution is -0.134. The molecule has 3 heterocycles. The van der Waals surface area contributed by atoms with Gasteiger partial charge in [0.15, 0.2) is 0 Å². The number of pyridine rings is 1. The molecule has 0 spiro atoms. The number of nitrogens with one attached hydrogen (secondary N) is 1. The van der Waals surface area contributed by atoms with Gasteiger partial charge in [-0.3, -0.25) is 14.9 Å². The van der Waals surface area contributed by atoms with Gasteiger partial charge in [0.05, 0.1) is 24.4 Å². The van der Waals surface area contributed by atoms with E-state index in [1.54, 1.807) is 24.7 Å². The van der Waals surface area contributed by atoms with Gasteiger partial charge in [0.1, 0.15) is 5.82 Å². The number of hydrogen-bond donors (Lipinski definition) is 1. The summed E-state index contributed by atoms with van der Waals surface area (Å²) in [5.74, 6) is -0.208. The van der Waals surface area contributed by atoms with Crippen molar-refractivity contribution >= 4 is 5.91 Å². The minimum atomic E-state index is -0.284. The standard InChI is InChI=1S/C21H21FN4O/c22-17-7-3-6-16(12-17)18-14-24-25-21(18)19-8-1-2-10-26(19)20(27)11-15-5-4-9-23-13-15/h3-7,9,12-14,19H,1-2,8,10-11H2,(H,24,25)/t19-/m0/s1. The zero-order chi connectivity index (χ0) is 18.6. The van der Waals surface area contributed by atoms with Gasteiger partial charge >= 0.3 is 0 Å². The number of aromatic amines is 1. The number of aromatic nitrogens is 3. The summed E-state index contributed by atoms with van der Waals surface area (Å²) in [5.41, 5.74) is 3.39. The van der Waals surface area contributed by atoms with Crippen LogP contribution in [0.15, 0.2) is 55.0 Å². The first kappa shape index (κ1) is 17.4. The fraction of sp³-hybridized carbons (Fsp3) is 0.286. The molecule has 1 amide bonds. The second-order valence-corrected chi connectivity index (χ2v) is 6.84. The van der Waals surface area contributed by atoms with Crippen molar-refractivity contribution < 1.29 is 9.18 Å². The normalized spacial score (nSPS) is 17.1. The molecular weight excluding hydrogens is 343 g/mol. The zero-order valence-electron chi connectivity index (χ0n) is 14.9. The summed E-state index contributed by atoms with van der Waals surface area (Å²) in [5, 5.41) is 7.25. The van der Waals surface area contributed by atoms with Crippen LogP contribution >= 0.6 is 0 Å². The lowest BCUT2D eigenvalue weighted by atomic mass is 9.94. The van der Waals surface area contributed by atoms with Gasteiger partial charge in [-0.15, -0.1) is 0 Å². The Bertz CT molecular complexity index is 925. The first-order chi connectivity index (χ1) is 13.2. The molecule has 3 aromatic rings. The Labute approximate surface area is 157 Å². The summed E-state index contributed by atoms with van der Waals surface area (Å²) >= 11 is 0. The average molecular weight is 364 g/mol. The number of rotatable bonds is 4. The quantitative estimate of drug-likeness (QED) is 0.764. The van der Waals surface area contributed by atoms with Gasteiger partial charge in [-0.05, 0) is 48.6 Å². The molecule has 0 radical (unpaired) electrons. The van der Waals surface area contributed by atoms with Crippen LogP contribution in [0, 0.1) is 5.82 Å². The van der Waals surface area contributed by atoms with Crippen LogP contribution in [0.2, 0.25) is 0 Å². The molecule has 1 aliphatic heterocycles. The Morgan fingerprint density at radius 2 is 2.15 bits per heavy atom. The zero-order valence-corrected chi connectivity index (χ0v) is 14.9. The molecule has 0 unspecified atom stereocenters. The van der Waals surface area contributed by atoms with E-state index in [0.29, 0.717) is 13.0 Å². The van der Waals surface area contributed by atoms with Gasteiger partial charge in [-0.2, -0.15) is 5.10 Å². The van der Waals surface area contributed by atoms with Crippen LogP contribution in [0.5, 0.6) is 0 Å². The maximum Gasteiger partial charge on any atom is 0.227 e. The number of H-pyrrole nitrogens is 1. The first-order valence-corrected chi connectivity index (χ1v) is 9.20. The van der Waals surface area contributed by atoms with Crippen LogP contribution in [0.4, 0.5) is 4.39 Å². The smallest absolute Gasteiger partial charge is 0.227 e. The summed E-state index contributed by atoms with van der Waals surface area (Å²) in [6.45, 7) is 0.714. The minimum absolute atomic E-state index is 0.0764. The number of nitrogens with zero attached hydrogens (tertiary/aromatic N) is 3. The fourth-order valence-corrected chi connectivity index (χ4v) is 3.75. The van der Waals surface area contributed by atoms with Crippen molar-refractivity contribution in [3.05, 3.63) is 72.1 Å². The van der Waals surface area contributed by atoms with E-state index in [-0.39, 0.29) is 17.8 Å². The van der Waals surface area contributed by atoms with Gasteiger partial charge in [0.25, 0.3) is 0 Å². The fourth-order valence-electron chi connectivity index (χ4n) is 3.75. The van der Waals surface area contributed by atoms with Crippen molar-refractivity contribution in [1.29, 1.82) is 0 Å². The van der Waals surface area contributed by atoms with Gasteiger partial charge in [0.2, 0.25) is 5.91 Å². The number of carbonyl (C=O) groups is 1. The Balaban J connectivity index is 1.62. The molecule has 1 N–H and O–H groups in total. The van der Waals surface area contributed by atoms with Crippen molar-refractivity contribution in [2.75, 3.05) is 6.54 Å². The predicted molar refractivity (Wildman–Crippen MR) is 100 cm³/mol. The highest BCUT2D eigenvalue weighted by molar-refractivity contribution is 5.79. The third-order valence-corrected chi connectivity index (χ3v) is 5.04. The Kier molecular flexibility index (Phi) is 4.96. The van der Waals surface area contributed by atoms with Crippen molar-refractivity contribution in [2.45, 2.75) is 31.7 Å². The van der Waals surface area contributed by atoms with Crippen molar-refractivity contribution in [3.63, 3.8) is 0 Å². The highest BCUT2D eigenvalue weighted by atomic mass is 19.1. The van der Waals surface area contributed by atoms with E-state index in [0.717, 1.165) is 41.6 Å². The van der Waals surface area contributed by atoms with E-state index in [2.05, 4.69) is 15.2 Å². The predicted octanol–water partition coefficient (Wildman–Crippen LogP) is 3.91. The maximum absolute atomic E-state index is 13.7. The van der Waals surface area contributed by atoms with E-state index in [1.165, 1.54) is 12.1 Å². The topological polar surface area (TPSA) is 61.9 Å². The molecule has 138 valence electrons. The lowest BCUT2D eigenvalue weighted by Gasteiger charge is -2.36. The lowest BCUT2D eigenvalue weighted by Crippen LogP contribution is -2.39. The Hall–Kier alpha value is -3.02. The molecule has 1 aromatic carbocycles. The van der Waals surface area contributed by atoms with E-state index in [4.69, 9.17) is 0 Å². The van der Waals surface area contributed by atoms with Crippen LogP contribution in [0.1, 0.15) is 36.6 Å². The molecule has 1 saturated heterocycles. The minimum Gasteiger partial charge on any atom is -0.334 e. The van der Waals surface area contributed by atoms with Gasteiger partial charge in [0, 0.05) is 24.5 Å². The number of carbonyl (C=O) groups excluding carboxylic acids is 1. The molecule has 1 fully saturated rings. The van der Waals surface area contributed by atoms with Crippen LogP contribution in [0.3, 0.4) is 0 Å². The van der Waals surface area contributed by atoms with Crippen LogP contribution in [0.25, 0.3) is 11.1 Å². The third kappa shape index (κ3) is 3.74. The summed E-state index contributed by atoms with van der Waals surface area (Å²) in [6, 6.07) is 10.1. The van der Waals surface area contributed by atoms with E-state index < -0.39 is 0 Å². The van der Waals surface area contributed by atoms with Crippen LogP contribution < -0.4 is 0 Å².